The van der Waals surface area contributed by atoms with Gasteiger partial charge in [-0.1, -0.05) is 6.07 Å². The van der Waals surface area contributed by atoms with Crippen molar-refractivity contribution in [1.29, 1.82) is 0 Å². The summed E-state index contributed by atoms with van der Waals surface area (Å²) in [6, 6.07) is 4.14. The molecule has 0 radical (unpaired) electrons. The van der Waals surface area contributed by atoms with E-state index in [9.17, 15) is 4.79 Å². The Morgan fingerprint density at radius 1 is 1.18 bits per heavy atom. The van der Waals surface area contributed by atoms with Crippen molar-refractivity contribution in [2.24, 2.45) is 0 Å². The molecule has 4 rings (SSSR count). The molecule has 7 nitrogen and oxygen atoms in total. The largest absolute Gasteiger partial charge is 0.496 e. The Labute approximate surface area is 163 Å². The molecule has 1 N–H and O–H groups in total. The highest BCUT2D eigenvalue weighted by Gasteiger charge is 2.22. The molecule has 28 heavy (non-hydrogen) atoms. The summed E-state index contributed by atoms with van der Waals surface area (Å²) in [5.41, 5.74) is 5.92. The van der Waals surface area contributed by atoms with Gasteiger partial charge in [0.2, 0.25) is 0 Å². The summed E-state index contributed by atoms with van der Waals surface area (Å²) in [6.45, 7) is 6.49. The predicted molar refractivity (Wildman–Crippen MR) is 106 cm³/mol. The van der Waals surface area contributed by atoms with Crippen LogP contribution in [-0.2, 0) is 19.5 Å². The Hall–Kier alpha value is -3.06. The van der Waals surface area contributed by atoms with Crippen LogP contribution < -0.4 is 10.3 Å². The fraction of sp³-hybridized carbons (Fsp3) is 0.333. The molecule has 1 aliphatic rings. The molecule has 3 aromatic rings. The minimum Gasteiger partial charge on any atom is -0.496 e. The second-order valence-electron chi connectivity index (χ2n) is 7.10. The number of ether oxygens (including phenoxy) is 1. The van der Waals surface area contributed by atoms with Crippen LogP contribution in [0.2, 0.25) is 0 Å². The van der Waals surface area contributed by atoms with Gasteiger partial charge in [0.1, 0.15) is 17.9 Å². The van der Waals surface area contributed by atoms with Crippen LogP contribution in [0.1, 0.15) is 27.9 Å². The SMILES string of the molecule is COc1ccc(CN2CCc3c(nc(-c4cncnc4)[nH]c3=O)C2)c(C)c1C. The quantitative estimate of drug-likeness (QED) is 0.752. The lowest BCUT2D eigenvalue weighted by molar-refractivity contribution is 0.240. The third-order valence-corrected chi connectivity index (χ3v) is 5.45. The van der Waals surface area contributed by atoms with Crippen LogP contribution in [0.5, 0.6) is 5.75 Å². The van der Waals surface area contributed by atoms with Crippen molar-refractivity contribution < 1.29 is 4.74 Å². The van der Waals surface area contributed by atoms with Gasteiger partial charge in [0.05, 0.1) is 18.4 Å². The molecule has 0 spiro atoms. The van der Waals surface area contributed by atoms with Crippen LogP contribution >= 0.6 is 0 Å². The van der Waals surface area contributed by atoms with E-state index in [2.05, 4.69) is 39.8 Å². The summed E-state index contributed by atoms with van der Waals surface area (Å²) in [5, 5.41) is 0. The normalized spacial score (nSPS) is 14.0. The molecule has 144 valence electrons. The number of nitrogens with one attached hydrogen (secondary N) is 1. The van der Waals surface area contributed by atoms with E-state index in [4.69, 9.17) is 9.72 Å². The molecule has 0 saturated heterocycles. The Kier molecular flexibility index (Phi) is 4.92. The van der Waals surface area contributed by atoms with E-state index in [0.717, 1.165) is 30.1 Å². The standard InChI is InChI=1S/C21H23N5O2/c1-13-14(2)19(28-3)5-4-15(13)10-26-7-6-17-18(11-26)24-20(25-21(17)27)16-8-22-12-23-9-16/h4-5,8-9,12H,6-7,10-11H2,1-3H3,(H,24,25,27). The fourth-order valence-corrected chi connectivity index (χ4v) is 3.67. The number of H-pyrrole nitrogens is 1. The molecule has 0 atom stereocenters. The van der Waals surface area contributed by atoms with E-state index in [1.807, 2.05) is 6.07 Å². The number of benzene rings is 1. The first-order valence-corrected chi connectivity index (χ1v) is 9.29. The lowest BCUT2D eigenvalue weighted by atomic mass is 10.00. The van der Waals surface area contributed by atoms with E-state index in [1.165, 1.54) is 23.0 Å². The second kappa shape index (κ2) is 7.52. The van der Waals surface area contributed by atoms with Crippen molar-refractivity contribution in [3.8, 4) is 17.1 Å². The predicted octanol–water partition coefficient (Wildman–Crippen LogP) is 2.41. The van der Waals surface area contributed by atoms with Crippen LogP contribution in [0.25, 0.3) is 11.4 Å². The number of aromatic nitrogens is 4. The smallest absolute Gasteiger partial charge is 0.254 e. The molecule has 1 aliphatic heterocycles. The maximum Gasteiger partial charge on any atom is 0.254 e. The van der Waals surface area contributed by atoms with Crippen molar-refractivity contribution in [3.05, 3.63) is 69.2 Å². The van der Waals surface area contributed by atoms with E-state index in [0.29, 0.717) is 24.4 Å². The number of methoxy groups -OCH3 is 1. The minimum atomic E-state index is -0.0695. The molecule has 0 bridgehead atoms. The molecule has 0 saturated carbocycles. The van der Waals surface area contributed by atoms with Gasteiger partial charge in [0.15, 0.2) is 0 Å². The molecule has 0 aliphatic carbocycles. The summed E-state index contributed by atoms with van der Waals surface area (Å²) in [7, 11) is 1.70. The molecule has 2 aromatic heterocycles. The van der Waals surface area contributed by atoms with Crippen LogP contribution in [0.3, 0.4) is 0 Å². The summed E-state index contributed by atoms with van der Waals surface area (Å²) >= 11 is 0. The third kappa shape index (κ3) is 3.41. The van der Waals surface area contributed by atoms with E-state index in [-0.39, 0.29) is 5.56 Å². The van der Waals surface area contributed by atoms with Gasteiger partial charge in [0.25, 0.3) is 5.56 Å². The zero-order valence-corrected chi connectivity index (χ0v) is 16.3. The van der Waals surface area contributed by atoms with Crippen LogP contribution in [-0.4, -0.2) is 38.5 Å². The molecule has 3 heterocycles. The highest BCUT2D eigenvalue weighted by Crippen LogP contribution is 2.26. The van der Waals surface area contributed by atoms with Gasteiger partial charge in [-0.05, 0) is 43.0 Å². The maximum atomic E-state index is 12.5. The maximum absolute atomic E-state index is 12.5. The van der Waals surface area contributed by atoms with Crippen molar-refractivity contribution in [1.82, 2.24) is 24.8 Å². The fourth-order valence-electron chi connectivity index (χ4n) is 3.67. The first kappa shape index (κ1) is 18.3. The average molecular weight is 377 g/mol. The number of rotatable bonds is 4. The molecule has 0 fully saturated rings. The van der Waals surface area contributed by atoms with Crippen molar-refractivity contribution in [3.63, 3.8) is 0 Å². The summed E-state index contributed by atoms with van der Waals surface area (Å²) in [5.74, 6) is 1.43. The number of aromatic amines is 1. The Balaban J connectivity index is 1.60. The van der Waals surface area contributed by atoms with Gasteiger partial charge >= 0.3 is 0 Å². The van der Waals surface area contributed by atoms with Crippen molar-refractivity contribution in [2.45, 2.75) is 33.4 Å². The van der Waals surface area contributed by atoms with Gasteiger partial charge in [-0.25, -0.2) is 15.0 Å². The zero-order valence-electron chi connectivity index (χ0n) is 16.3. The number of fused-ring (bicyclic) bond motifs is 1. The van der Waals surface area contributed by atoms with Crippen LogP contribution in [0.4, 0.5) is 0 Å². The van der Waals surface area contributed by atoms with Gasteiger partial charge in [-0.3, -0.25) is 9.69 Å². The second-order valence-corrected chi connectivity index (χ2v) is 7.10. The summed E-state index contributed by atoms with van der Waals surface area (Å²) < 4.78 is 5.41. The number of nitrogens with zero attached hydrogens (tertiary/aromatic N) is 4. The van der Waals surface area contributed by atoms with Gasteiger partial charge < -0.3 is 9.72 Å². The third-order valence-electron chi connectivity index (χ3n) is 5.45. The Morgan fingerprint density at radius 2 is 1.96 bits per heavy atom. The molecule has 7 heteroatoms. The van der Waals surface area contributed by atoms with Crippen LogP contribution in [0, 0.1) is 13.8 Å². The monoisotopic (exact) mass is 377 g/mol. The van der Waals surface area contributed by atoms with E-state index < -0.39 is 0 Å². The van der Waals surface area contributed by atoms with E-state index in [1.54, 1.807) is 19.5 Å². The summed E-state index contributed by atoms with van der Waals surface area (Å²) in [6.07, 6.45) is 5.46. The first-order chi connectivity index (χ1) is 13.6. The highest BCUT2D eigenvalue weighted by atomic mass is 16.5. The highest BCUT2D eigenvalue weighted by molar-refractivity contribution is 5.52. The Morgan fingerprint density at radius 3 is 2.71 bits per heavy atom. The van der Waals surface area contributed by atoms with Crippen molar-refractivity contribution >= 4 is 0 Å². The minimum absolute atomic E-state index is 0.0695. The average Bonchev–Trinajstić information content (AvgIpc) is 2.72. The lowest BCUT2D eigenvalue weighted by Gasteiger charge is -2.28. The molecular formula is C21H23N5O2. The van der Waals surface area contributed by atoms with Gasteiger partial charge in [0, 0.05) is 37.6 Å². The molecule has 0 amide bonds. The van der Waals surface area contributed by atoms with Gasteiger partial charge in [-0.2, -0.15) is 0 Å². The van der Waals surface area contributed by atoms with Crippen molar-refractivity contribution in [2.75, 3.05) is 13.7 Å². The molecule has 0 unspecified atom stereocenters. The Bertz CT molecular complexity index is 1060. The molecule has 1 aromatic carbocycles. The summed E-state index contributed by atoms with van der Waals surface area (Å²) in [4.78, 5) is 30.4. The molecular weight excluding hydrogens is 354 g/mol. The first-order valence-electron chi connectivity index (χ1n) is 9.29. The van der Waals surface area contributed by atoms with E-state index >= 15 is 0 Å². The zero-order chi connectivity index (χ0) is 19.7. The topological polar surface area (TPSA) is 84.0 Å². The van der Waals surface area contributed by atoms with Crippen LogP contribution in [0.15, 0.2) is 35.6 Å². The number of hydrogen-bond acceptors (Lipinski definition) is 6. The van der Waals surface area contributed by atoms with Gasteiger partial charge in [-0.15, -0.1) is 0 Å². The lowest BCUT2D eigenvalue weighted by Crippen LogP contribution is -2.35. The number of hydrogen-bond donors (Lipinski definition) is 1.